The zero-order chi connectivity index (χ0) is 23.4. The van der Waals surface area contributed by atoms with E-state index in [9.17, 15) is 14.4 Å². The predicted octanol–water partition coefficient (Wildman–Crippen LogP) is 2.85. The topological polar surface area (TPSA) is 105 Å². The van der Waals surface area contributed by atoms with Crippen molar-refractivity contribution in [2.75, 3.05) is 23.4 Å². The molecule has 2 amide bonds. The van der Waals surface area contributed by atoms with Gasteiger partial charge < -0.3 is 24.8 Å². The Morgan fingerprint density at radius 1 is 1.18 bits per heavy atom. The van der Waals surface area contributed by atoms with Crippen molar-refractivity contribution in [2.24, 2.45) is 0 Å². The summed E-state index contributed by atoms with van der Waals surface area (Å²) in [6, 6.07) is 11.9. The lowest BCUT2D eigenvalue weighted by Gasteiger charge is -2.28. The van der Waals surface area contributed by atoms with Crippen molar-refractivity contribution in [2.45, 2.75) is 38.3 Å². The summed E-state index contributed by atoms with van der Waals surface area (Å²) in [5.41, 5.74) is 2.35. The number of ether oxygens (including phenoxy) is 2. The van der Waals surface area contributed by atoms with E-state index < -0.39 is 18.1 Å². The summed E-state index contributed by atoms with van der Waals surface area (Å²) in [7, 11) is 0. The molecule has 2 N–H and O–H groups in total. The Hall–Kier alpha value is -3.65. The minimum Gasteiger partial charge on any atom is -0.491 e. The standard InChI is InChI=1S/C25H26N2O6/c1-16(29)33-21-9-5-10-23(30)27-19-11-12-22(32-14-6-13-28)24(18(19)15-20(21)27)26-25(31)17-7-3-2-4-8-17/h2-5,7-8,10-12,20-21,28H,6,9,13-15H2,1H3,(H,26,31)/t20-,21?/m0/s1. The molecule has 0 radical (unpaired) electrons. The van der Waals surface area contributed by atoms with E-state index >= 15 is 0 Å². The molecule has 2 aromatic rings. The van der Waals surface area contributed by atoms with E-state index in [1.165, 1.54) is 13.0 Å². The second kappa shape index (κ2) is 9.87. The molecule has 0 fully saturated rings. The van der Waals surface area contributed by atoms with Crippen molar-refractivity contribution in [1.29, 1.82) is 0 Å². The van der Waals surface area contributed by atoms with Gasteiger partial charge in [-0.05, 0) is 30.3 Å². The smallest absolute Gasteiger partial charge is 0.302 e. The van der Waals surface area contributed by atoms with Gasteiger partial charge in [0.15, 0.2) is 0 Å². The summed E-state index contributed by atoms with van der Waals surface area (Å²) < 4.78 is 11.4. The number of aliphatic hydroxyl groups is 1. The number of anilines is 2. The Bertz CT molecular complexity index is 1080. The summed E-state index contributed by atoms with van der Waals surface area (Å²) in [6.45, 7) is 1.60. The number of amides is 2. The van der Waals surface area contributed by atoms with Crippen LogP contribution in [0.3, 0.4) is 0 Å². The average molecular weight is 450 g/mol. The molecule has 0 bridgehead atoms. The van der Waals surface area contributed by atoms with Crippen molar-refractivity contribution in [1.82, 2.24) is 0 Å². The molecule has 1 unspecified atom stereocenters. The molecule has 172 valence electrons. The SMILES string of the molecule is CC(=O)OC1CC=CC(=O)N2c3ccc(OCCCO)c(NC(=O)c4ccccc4)c3C[C@@H]12. The van der Waals surface area contributed by atoms with Crippen LogP contribution in [0.25, 0.3) is 0 Å². The van der Waals surface area contributed by atoms with Crippen molar-refractivity contribution < 1.29 is 29.0 Å². The highest BCUT2D eigenvalue weighted by Gasteiger charge is 2.42. The minimum absolute atomic E-state index is 0.0165. The van der Waals surface area contributed by atoms with Gasteiger partial charge in [-0.15, -0.1) is 0 Å². The van der Waals surface area contributed by atoms with Gasteiger partial charge in [0.2, 0.25) is 0 Å². The first-order chi connectivity index (χ1) is 16.0. The van der Waals surface area contributed by atoms with E-state index in [1.807, 2.05) is 6.07 Å². The number of nitrogens with zero attached hydrogens (tertiary/aromatic N) is 1. The van der Waals surface area contributed by atoms with Crippen LogP contribution in [-0.2, 0) is 20.7 Å². The van der Waals surface area contributed by atoms with Crippen molar-refractivity contribution in [3.05, 3.63) is 65.7 Å². The number of esters is 1. The third kappa shape index (κ3) is 4.75. The van der Waals surface area contributed by atoms with E-state index in [0.29, 0.717) is 42.0 Å². The van der Waals surface area contributed by atoms with Crippen LogP contribution < -0.4 is 15.0 Å². The van der Waals surface area contributed by atoms with Gasteiger partial charge in [-0.2, -0.15) is 0 Å². The second-order valence-corrected chi connectivity index (χ2v) is 7.95. The molecule has 2 aliphatic rings. The molecule has 2 atom stereocenters. The van der Waals surface area contributed by atoms with Gasteiger partial charge in [0.25, 0.3) is 11.8 Å². The number of carbonyl (C=O) groups is 3. The van der Waals surface area contributed by atoms with E-state index in [2.05, 4.69) is 5.32 Å². The molecule has 0 saturated heterocycles. The number of carbonyl (C=O) groups excluding carboxylic acids is 3. The predicted molar refractivity (Wildman–Crippen MR) is 122 cm³/mol. The first-order valence-corrected chi connectivity index (χ1v) is 10.9. The van der Waals surface area contributed by atoms with Crippen LogP contribution in [0.4, 0.5) is 11.4 Å². The molecule has 0 aromatic heterocycles. The lowest BCUT2D eigenvalue weighted by atomic mass is 10.0. The highest BCUT2D eigenvalue weighted by molar-refractivity contribution is 6.08. The molecule has 4 rings (SSSR count). The molecule has 0 spiro atoms. The van der Waals surface area contributed by atoms with Gasteiger partial charge in [0, 0.05) is 43.9 Å². The van der Waals surface area contributed by atoms with Crippen LogP contribution in [0.5, 0.6) is 5.75 Å². The van der Waals surface area contributed by atoms with E-state index in [1.54, 1.807) is 47.4 Å². The van der Waals surface area contributed by atoms with Crippen molar-refractivity contribution in [3.8, 4) is 5.75 Å². The zero-order valence-electron chi connectivity index (χ0n) is 18.3. The summed E-state index contributed by atoms with van der Waals surface area (Å²) in [6.07, 6.45) is 3.95. The molecule has 0 saturated carbocycles. The number of hydrogen-bond donors (Lipinski definition) is 2. The number of rotatable bonds is 7. The number of aliphatic hydroxyl groups excluding tert-OH is 1. The lowest BCUT2D eigenvalue weighted by molar-refractivity contribution is -0.147. The minimum atomic E-state index is -0.506. The van der Waals surface area contributed by atoms with Crippen molar-refractivity contribution in [3.63, 3.8) is 0 Å². The third-order valence-electron chi connectivity index (χ3n) is 5.70. The monoisotopic (exact) mass is 450 g/mol. The fourth-order valence-electron chi connectivity index (χ4n) is 4.27. The molecule has 2 aliphatic heterocycles. The normalized spacial score (nSPS) is 18.8. The number of benzene rings is 2. The maximum atomic E-state index is 13.0. The van der Waals surface area contributed by atoms with Gasteiger partial charge in [0.05, 0.1) is 24.0 Å². The molecular formula is C25H26N2O6. The average Bonchev–Trinajstić information content (AvgIpc) is 3.13. The van der Waals surface area contributed by atoms with Crippen LogP contribution in [0.1, 0.15) is 35.7 Å². The molecule has 8 nitrogen and oxygen atoms in total. The van der Waals surface area contributed by atoms with Crippen LogP contribution in [0.15, 0.2) is 54.6 Å². The van der Waals surface area contributed by atoms with Crippen LogP contribution in [0, 0.1) is 0 Å². The highest BCUT2D eigenvalue weighted by atomic mass is 16.5. The molecule has 33 heavy (non-hydrogen) atoms. The molecular weight excluding hydrogens is 424 g/mol. The van der Waals surface area contributed by atoms with Crippen LogP contribution in [-0.4, -0.2) is 48.2 Å². The Morgan fingerprint density at radius 2 is 1.97 bits per heavy atom. The Balaban J connectivity index is 1.74. The number of hydrogen-bond acceptors (Lipinski definition) is 6. The first-order valence-electron chi connectivity index (χ1n) is 10.9. The number of fused-ring (bicyclic) bond motifs is 3. The van der Waals surface area contributed by atoms with E-state index in [0.717, 1.165) is 5.56 Å². The maximum absolute atomic E-state index is 13.0. The fraction of sp³-hybridized carbons (Fsp3) is 0.320. The molecule has 2 aromatic carbocycles. The highest BCUT2D eigenvalue weighted by Crippen LogP contribution is 2.44. The second-order valence-electron chi connectivity index (χ2n) is 7.95. The van der Waals surface area contributed by atoms with E-state index in [4.69, 9.17) is 14.6 Å². The first kappa shape index (κ1) is 22.5. The largest absolute Gasteiger partial charge is 0.491 e. The maximum Gasteiger partial charge on any atom is 0.302 e. The summed E-state index contributed by atoms with van der Waals surface area (Å²) >= 11 is 0. The molecule has 8 heteroatoms. The van der Waals surface area contributed by atoms with Gasteiger partial charge in [-0.25, -0.2) is 0 Å². The molecule has 2 heterocycles. The zero-order valence-corrected chi connectivity index (χ0v) is 18.3. The van der Waals surface area contributed by atoms with Gasteiger partial charge in [-0.3, -0.25) is 14.4 Å². The van der Waals surface area contributed by atoms with Gasteiger partial charge in [0.1, 0.15) is 11.9 Å². The quantitative estimate of drug-likeness (QED) is 0.497. The van der Waals surface area contributed by atoms with E-state index in [-0.39, 0.29) is 25.0 Å². The van der Waals surface area contributed by atoms with Gasteiger partial charge in [-0.1, -0.05) is 24.3 Å². The summed E-state index contributed by atoms with van der Waals surface area (Å²) in [5, 5.41) is 12.1. The number of nitrogens with one attached hydrogen (secondary N) is 1. The summed E-state index contributed by atoms with van der Waals surface area (Å²) in [5.74, 6) is -0.469. The summed E-state index contributed by atoms with van der Waals surface area (Å²) in [4.78, 5) is 39.2. The Morgan fingerprint density at radius 3 is 2.70 bits per heavy atom. The van der Waals surface area contributed by atoms with Gasteiger partial charge >= 0.3 is 5.97 Å². The third-order valence-corrected chi connectivity index (χ3v) is 5.70. The Labute approximate surface area is 191 Å². The Kier molecular flexibility index (Phi) is 6.74. The van der Waals surface area contributed by atoms with Crippen LogP contribution >= 0.6 is 0 Å². The fourth-order valence-corrected chi connectivity index (χ4v) is 4.27. The van der Waals surface area contributed by atoms with Crippen molar-refractivity contribution >= 4 is 29.2 Å². The molecule has 0 aliphatic carbocycles. The van der Waals surface area contributed by atoms with Crippen LogP contribution in [0.2, 0.25) is 0 Å². The lowest BCUT2D eigenvalue weighted by Crippen LogP contribution is -2.44.